The van der Waals surface area contributed by atoms with Crippen LogP contribution >= 0.6 is 0 Å². The molecule has 0 unspecified atom stereocenters. The van der Waals surface area contributed by atoms with E-state index in [4.69, 9.17) is 0 Å². The van der Waals surface area contributed by atoms with E-state index in [-0.39, 0.29) is 30.1 Å². The Hall–Kier alpha value is -3.02. The second kappa shape index (κ2) is 9.62. The van der Waals surface area contributed by atoms with Gasteiger partial charge in [-0.15, -0.1) is 0 Å². The van der Waals surface area contributed by atoms with Crippen LogP contribution in [-0.2, 0) is 11.3 Å². The Kier molecular flexibility index (Phi) is 7.23. The lowest BCUT2D eigenvalue weighted by Crippen LogP contribution is -2.32. The van der Waals surface area contributed by atoms with Crippen LogP contribution in [-0.4, -0.2) is 29.1 Å². The topological polar surface area (TPSA) is 85.2 Å². The molecule has 142 valence electrons. The second-order valence-corrected chi connectivity index (χ2v) is 6.31. The molecular weight excluding hydrogens is 344 g/mol. The van der Waals surface area contributed by atoms with E-state index in [9.17, 15) is 19.2 Å². The number of nitrogens with zero attached hydrogens (tertiary/aromatic N) is 1. The summed E-state index contributed by atoms with van der Waals surface area (Å²) in [4.78, 5) is 48.7. The first kappa shape index (κ1) is 20.3. The van der Waals surface area contributed by atoms with Crippen molar-refractivity contribution in [1.82, 2.24) is 9.88 Å². The van der Waals surface area contributed by atoms with Crippen LogP contribution in [0.2, 0.25) is 0 Å². The molecule has 0 radical (unpaired) electrons. The van der Waals surface area contributed by atoms with Gasteiger partial charge in [0.2, 0.25) is 0 Å². The number of pyridine rings is 1. The average Bonchev–Trinajstić information content (AvgIpc) is 2.69. The van der Waals surface area contributed by atoms with Crippen LogP contribution in [0.4, 0.5) is 0 Å². The van der Waals surface area contributed by atoms with E-state index in [1.165, 1.54) is 23.9 Å². The molecule has 0 aliphatic heterocycles. The van der Waals surface area contributed by atoms with Gasteiger partial charge in [0.15, 0.2) is 5.78 Å². The van der Waals surface area contributed by atoms with Crippen LogP contribution in [0.1, 0.15) is 58.9 Å². The lowest BCUT2D eigenvalue weighted by atomic mass is 10.0. The standard InChI is InChI=1S/C21H24N2O4/c1-3-17(24)10-7-11-19(25)16-12-18(20(26)22-2)21(27)23(14-16)13-15-8-5-4-6-9-15/h4-6,8-9,12,14H,3,7,10-11,13H2,1-2H3,(H,22,26). The van der Waals surface area contributed by atoms with Crippen molar-refractivity contribution in [2.45, 2.75) is 39.2 Å². The van der Waals surface area contributed by atoms with Crippen LogP contribution in [0.5, 0.6) is 0 Å². The first-order chi connectivity index (χ1) is 13.0. The molecule has 0 fully saturated rings. The van der Waals surface area contributed by atoms with E-state index in [2.05, 4.69) is 5.32 Å². The predicted octanol–water partition coefficient (Wildman–Crippen LogP) is 2.59. The van der Waals surface area contributed by atoms with Crippen LogP contribution < -0.4 is 10.9 Å². The normalized spacial score (nSPS) is 10.4. The smallest absolute Gasteiger partial charge is 0.263 e. The van der Waals surface area contributed by atoms with E-state index in [1.54, 1.807) is 6.92 Å². The fourth-order valence-corrected chi connectivity index (χ4v) is 2.75. The number of carbonyl (C=O) groups is 3. The monoisotopic (exact) mass is 368 g/mol. The summed E-state index contributed by atoms with van der Waals surface area (Å²) >= 11 is 0. The number of Topliss-reactive ketones (excluding diaryl/α,β-unsaturated/α-hetero) is 2. The van der Waals surface area contributed by atoms with Gasteiger partial charge in [-0.2, -0.15) is 0 Å². The molecule has 0 atom stereocenters. The van der Waals surface area contributed by atoms with E-state index in [0.29, 0.717) is 24.8 Å². The molecule has 1 aromatic carbocycles. The lowest BCUT2D eigenvalue weighted by molar-refractivity contribution is -0.118. The molecule has 0 bridgehead atoms. The van der Waals surface area contributed by atoms with Crippen molar-refractivity contribution >= 4 is 17.5 Å². The van der Waals surface area contributed by atoms with Crippen LogP contribution in [0, 0.1) is 0 Å². The number of hydrogen-bond acceptors (Lipinski definition) is 4. The van der Waals surface area contributed by atoms with Crippen molar-refractivity contribution in [3.63, 3.8) is 0 Å². The Labute approximate surface area is 158 Å². The largest absolute Gasteiger partial charge is 0.355 e. The minimum atomic E-state index is -0.530. The van der Waals surface area contributed by atoms with Gasteiger partial charge in [-0.1, -0.05) is 37.3 Å². The fraction of sp³-hybridized carbons (Fsp3) is 0.333. The quantitative estimate of drug-likeness (QED) is 0.690. The highest BCUT2D eigenvalue weighted by Crippen LogP contribution is 2.10. The van der Waals surface area contributed by atoms with Gasteiger partial charge in [0.1, 0.15) is 11.3 Å². The summed E-state index contributed by atoms with van der Waals surface area (Å²) in [5, 5.41) is 2.44. The Bertz CT molecular complexity index is 885. The highest BCUT2D eigenvalue weighted by molar-refractivity contribution is 6.00. The van der Waals surface area contributed by atoms with Crippen molar-refractivity contribution in [2.75, 3.05) is 7.05 Å². The molecule has 2 rings (SSSR count). The molecule has 1 N–H and O–H groups in total. The SMILES string of the molecule is CCC(=O)CCCC(=O)c1cc(C(=O)NC)c(=O)n(Cc2ccccc2)c1. The summed E-state index contributed by atoms with van der Waals surface area (Å²) in [6.07, 6.45) is 2.96. The van der Waals surface area contributed by atoms with Gasteiger partial charge in [-0.25, -0.2) is 0 Å². The number of hydrogen-bond donors (Lipinski definition) is 1. The summed E-state index contributed by atoms with van der Waals surface area (Å²) in [7, 11) is 1.44. The zero-order chi connectivity index (χ0) is 19.8. The Balaban J connectivity index is 2.32. The molecule has 1 amide bonds. The third kappa shape index (κ3) is 5.48. The number of nitrogens with one attached hydrogen (secondary N) is 1. The van der Waals surface area contributed by atoms with Gasteiger partial charge < -0.3 is 9.88 Å². The molecular formula is C21H24N2O4. The van der Waals surface area contributed by atoms with Gasteiger partial charge in [0.05, 0.1) is 6.54 Å². The summed E-state index contributed by atoms with van der Waals surface area (Å²) < 4.78 is 1.38. The zero-order valence-corrected chi connectivity index (χ0v) is 15.7. The highest BCUT2D eigenvalue weighted by Gasteiger charge is 2.17. The number of amides is 1. The maximum absolute atomic E-state index is 12.6. The van der Waals surface area contributed by atoms with Crippen molar-refractivity contribution in [3.05, 3.63) is 69.6 Å². The summed E-state index contributed by atoms with van der Waals surface area (Å²) in [5.41, 5.74) is 0.675. The third-order valence-corrected chi connectivity index (χ3v) is 4.33. The van der Waals surface area contributed by atoms with Gasteiger partial charge in [-0.05, 0) is 18.1 Å². The average molecular weight is 368 g/mol. The third-order valence-electron chi connectivity index (χ3n) is 4.33. The van der Waals surface area contributed by atoms with Gasteiger partial charge in [-0.3, -0.25) is 19.2 Å². The van der Waals surface area contributed by atoms with Crippen LogP contribution in [0.3, 0.4) is 0 Å². The molecule has 1 aromatic heterocycles. The molecule has 0 aliphatic rings. The summed E-state index contributed by atoms with van der Waals surface area (Å²) in [6.45, 7) is 2.05. The van der Waals surface area contributed by atoms with E-state index < -0.39 is 11.5 Å². The second-order valence-electron chi connectivity index (χ2n) is 6.31. The number of rotatable bonds is 9. The van der Waals surface area contributed by atoms with Gasteiger partial charge >= 0.3 is 0 Å². The molecule has 0 spiro atoms. The first-order valence-electron chi connectivity index (χ1n) is 9.01. The predicted molar refractivity (Wildman–Crippen MR) is 103 cm³/mol. The van der Waals surface area contributed by atoms with Crippen molar-refractivity contribution in [3.8, 4) is 0 Å². The molecule has 0 saturated carbocycles. The minimum absolute atomic E-state index is 0.0658. The Morgan fingerprint density at radius 3 is 2.41 bits per heavy atom. The first-order valence-corrected chi connectivity index (χ1v) is 9.01. The molecule has 0 aliphatic carbocycles. The zero-order valence-electron chi connectivity index (χ0n) is 15.7. The number of benzene rings is 1. The molecule has 6 heteroatoms. The molecule has 0 saturated heterocycles. The maximum Gasteiger partial charge on any atom is 0.263 e. The summed E-state index contributed by atoms with van der Waals surface area (Å²) in [5.74, 6) is -0.605. The van der Waals surface area contributed by atoms with Crippen LogP contribution in [0.15, 0.2) is 47.4 Å². The summed E-state index contributed by atoms with van der Waals surface area (Å²) in [6, 6.07) is 10.7. The number of aromatic nitrogens is 1. The molecule has 27 heavy (non-hydrogen) atoms. The van der Waals surface area contributed by atoms with Crippen LogP contribution in [0.25, 0.3) is 0 Å². The van der Waals surface area contributed by atoms with Gasteiger partial charge in [0, 0.05) is 38.1 Å². The number of carbonyl (C=O) groups excluding carboxylic acids is 3. The van der Waals surface area contributed by atoms with Crippen molar-refractivity contribution in [2.24, 2.45) is 0 Å². The molecule has 6 nitrogen and oxygen atoms in total. The molecule has 1 heterocycles. The minimum Gasteiger partial charge on any atom is -0.355 e. The molecule has 2 aromatic rings. The van der Waals surface area contributed by atoms with E-state index in [1.807, 2.05) is 30.3 Å². The maximum atomic E-state index is 12.6. The number of ketones is 2. The Morgan fingerprint density at radius 1 is 1.07 bits per heavy atom. The van der Waals surface area contributed by atoms with Crippen molar-refractivity contribution < 1.29 is 14.4 Å². The Morgan fingerprint density at radius 2 is 1.78 bits per heavy atom. The fourth-order valence-electron chi connectivity index (χ4n) is 2.75. The lowest BCUT2D eigenvalue weighted by Gasteiger charge is -2.11. The van der Waals surface area contributed by atoms with E-state index in [0.717, 1.165) is 5.56 Å². The van der Waals surface area contributed by atoms with Gasteiger partial charge in [0.25, 0.3) is 11.5 Å². The van der Waals surface area contributed by atoms with Crippen molar-refractivity contribution in [1.29, 1.82) is 0 Å². The van der Waals surface area contributed by atoms with E-state index >= 15 is 0 Å². The highest BCUT2D eigenvalue weighted by atomic mass is 16.2.